The molecule has 6 rings (SSSR count). The molecule has 4 aromatic rings. The number of fused-ring (bicyclic) bond motifs is 2. The molecule has 7 nitrogen and oxygen atoms in total. The zero-order chi connectivity index (χ0) is 22.2. The summed E-state index contributed by atoms with van der Waals surface area (Å²) in [4.78, 5) is 18.6. The second kappa shape index (κ2) is 8.48. The first-order valence-corrected chi connectivity index (χ1v) is 11.9. The van der Waals surface area contributed by atoms with Gasteiger partial charge in [-0.15, -0.1) is 0 Å². The van der Waals surface area contributed by atoms with E-state index in [1.807, 2.05) is 36.8 Å². The summed E-state index contributed by atoms with van der Waals surface area (Å²) in [7, 11) is 0. The van der Waals surface area contributed by atoms with E-state index >= 15 is 0 Å². The molecule has 1 fully saturated rings. The summed E-state index contributed by atoms with van der Waals surface area (Å²) in [6.07, 6.45) is 10.6. The number of aryl methyl sites for hydroxylation is 2. The Morgan fingerprint density at radius 1 is 0.879 bits per heavy atom. The van der Waals surface area contributed by atoms with Gasteiger partial charge in [0, 0.05) is 62.6 Å². The normalized spacial score (nSPS) is 16.8. The highest BCUT2D eigenvalue weighted by Crippen LogP contribution is 2.31. The second-order valence-electron chi connectivity index (χ2n) is 9.10. The Morgan fingerprint density at radius 2 is 1.67 bits per heavy atom. The largest absolute Gasteiger partial charge is 0.398 e. The fraction of sp³-hybridized carbons (Fsp3) is 0.346. The van der Waals surface area contributed by atoms with E-state index in [2.05, 4.69) is 42.4 Å². The summed E-state index contributed by atoms with van der Waals surface area (Å²) in [5.41, 5.74) is 14.3. The fourth-order valence-corrected chi connectivity index (χ4v) is 5.15. The molecule has 0 bridgehead atoms. The highest BCUT2D eigenvalue weighted by atomic mass is 15.3. The Balaban J connectivity index is 1.31. The molecule has 0 atom stereocenters. The van der Waals surface area contributed by atoms with Gasteiger partial charge in [0.1, 0.15) is 5.65 Å². The van der Waals surface area contributed by atoms with Gasteiger partial charge in [-0.1, -0.05) is 12.1 Å². The number of rotatable bonds is 4. The maximum Gasteiger partial charge on any atom is 0.225 e. The molecule has 0 saturated carbocycles. The van der Waals surface area contributed by atoms with Crippen molar-refractivity contribution in [1.82, 2.24) is 24.3 Å². The summed E-state index contributed by atoms with van der Waals surface area (Å²) in [5, 5.41) is 0. The molecule has 3 aromatic heterocycles. The third-order valence-corrected chi connectivity index (χ3v) is 6.94. The van der Waals surface area contributed by atoms with Gasteiger partial charge in [0.05, 0.1) is 11.4 Å². The predicted molar refractivity (Wildman–Crippen MR) is 131 cm³/mol. The van der Waals surface area contributed by atoms with Gasteiger partial charge in [-0.3, -0.25) is 4.90 Å². The molecular weight excluding hydrogens is 410 g/mol. The first-order valence-electron chi connectivity index (χ1n) is 11.9. The molecule has 0 unspecified atom stereocenters. The van der Waals surface area contributed by atoms with Crippen LogP contribution in [0.1, 0.15) is 29.7 Å². The summed E-state index contributed by atoms with van der Waals surface area (Å²) in [5.74, 6) is 0.814. The molecule has 0 spiro atoms. The van der Waals surface area contributed by atoms with Crippen LogP contribution in [-0.4, -0.2) is 50.4 Å². The first kappa shape index (κ1) is 20.2. The van der Waals surface area contributed by atoms with Gasteiger partial charge >= 0.3 is 0 Å². The number of piperazine rings is 1. The van der Waals surface area contributed by atoms with Crippen molar-refractivity contribution in [3.63, 3.8) is 0 Å². The topological polar surface area (TPSA) is 75.6 Å². The maximum atomic E-state index is 6.16. The molecule has 0 amide bonds. The lowest BCUT2D eigenvalue weighted by molar-refractivity contribution is 0.245. The molecule has 2 aliphatic rings. The van der Waals surface area contributed by atoms with Crippen molar-refractivity contribution < 1.29 is 0 Å². The molecule has 7 heteroatoms. The zero-order valence-electron chi connectivity index (χ0n) is 18.8. The van der Waals surface area contributed by atoms with Crippen LogP contribution < -0.4 is 10.6 Å². The van der Waals surface area contributed by atoms with Gasteiger partial charge in [0.15, 0.2) is 0 Å². The van der Waals surface area contributed by atoms with E-state index in [1.165, 1.54) is 48.1 Å². The number of pyridine rings is 1. The number of nitrogens with zero attached hydrogens (tertiary/aromatic N) is 6. The van der Waals surface area contributed by atoms with Crippen molar-refractivity contribution in [2.45, 2.75) is 32.2 Å². The number of benzene rings is 1. The van der Waals surface area contributed by atoms with Crippen molar-refractivity contribution >= 4 is 17.3 Å². The van der Waals surface area contributed by atoms with E-state index in [-0.39, 0.29) is 0 Å². The van der Waals surface area contributed by atoms with Crippen molar-refractivity contribution in [2.24, 2.45) is 0 Å². The fourth-order valence-electron chi connectivity index (χ4n) is 5.15. The number of nitrogens with two attached hydrogens (primary N) is 1. The lowest BCUT2D eigenvalue weighted by atomic mass is 9.90. The Kier molecular flexibility index (Phi) is 5.19. The van der Waals surface area contributed by atoms with Crippen LogP contribution in [0.15, 0.2) is 55.0 Å². The molecule has 4 heterocycles. The Labute approximate surface area is 193 Å². The van der Waals surface area contributed by atoms with Gasteiger partial charge in [-0.2, -0.15) is 0 Å². The van der Waals surface area contributed by atoms with Crippen molar-refractivity contribution in [3.8, 4) is 11.3 Å². The number of anilines is 2. The number of hydrogen-bond donors (Lipinski definition) is 1. The number of aromatic nitrogens is 4. The molecule has 33 heavy (non-hydrogen) atoms. The monoisotopic (exact) mass is 439 g/mol. The molecular formula is C26H29N7. The summed E-state index contributed by atoms with van der Waals surface area (Å²) < 4.78 is 2.18. The lowest BCUT2D eigenvalue weighted by Gasteiger charge is -2.34. The smallest absolute Gasteiger partial charge is 0.225 e. The van der Waals surface area contributed by atoms with Crippen molar-refractivity contribution in [2.75, 3.05) is 36.8 Å². The summed E-state index contributed by atoms with van der Waals surface area (Å²) in [6, 6.07) is 12.7. The molecule has 1 saturated heterocycles. The molecule has 168 valence electrons. The van der Waals surface area contributed by atoms with Gasteiger partial charge in [0.2, 0.25) is 5.95 Å². The van der Waals surface area contributed by atoms with E-state index < -0.39 is 0 Å². The Morgan fingerprint density at radius 3 is 2.48 bits per heavy atom. The van der Waals surface area contributed by atoms with Crippen LogP contribution in [0.2, 0.25) is 0 Å². The van der Waals surface area contributed by atoms with Crippen LogP contribution in [0.25, 0.3) is 16.9 Å². The number of hydrogen-bond acceptors (Lipinski definition) is 6. The average molecular weight is 440 g/mol. The highest BCUT2D eigenvalue weighted by molar-refractivity contribution is 5.69. The molecule has 1 aliphatic heterocycles. The van der Waals surface area contributed by atoms with Gasteiger partial charge < -0.3 is 15.0 Å². The van der Waals surface area contributed by atoms with Crippen LogP contribution in [0.5, 0.6) is 0 Å². The van der Waals surface area contributed by atoms with Crippen molar-refractivity contribution in [3.05, 3.63) is 71.8 Å². The van der Waals surface area contributed by atoms with E-state index in [0.29, 0.717) is 0 Å². The Bertz CT molecular complexity index is 1270. The van der Waals surface area contributed by atoms with E-state index in [0.717, 1.165) is 55.7 Å². The third kappa shape index (κ3) is 3.93. The summed E-state index contributed by atoms with van der Waals surface area (Å²) >= 11 is 0. The second-order valence-corrected chi connectivity index (χ2v) is 9.10. The van der Waals surface area contributed by atoms with Gasteiger partial charge in [-0.05, 0) is 61.1 Å². The van der Waals surface area contributed by atoms with Crippen LogP contribution in [0.4, 0.5) is 11.6 Å². The number of imidazole rings is 1. The minimum absolute atomic E-state index is 0.754. The number of nitrogen functional groups attached to an aromatic ring is 1. The third-order valence-electron chi connectivity index (χ3n) is 6.94. The van der Waals surface area contributed by atoms with E-state index in [4.69, 9.17) is 10.7 Å². The SMILES string of the molecule is Nc1ccc2nc(-c3ccc4c(c3)CCCC4)c(CN3CCN(c4ncccn4)CC3)n2c1. The Hall–Kier alpha value is -3.45. The van der Waals surface area contributed by atoms with E-state index in [1.54, 1.807) is 0 Å². The maximum absolute atomic E-state index is 6.16. The quantitative estimate of drug-likeness (QED) is 0.524. The van der Waals surface area contributed by atoms with Crippen LogP contribution in [0.3, 0.4) is 0 Å². The average Bonchev–Trinajstić information content (AvgIpc) is 3.22. The predicted octanol–water partition coefficient (Wildman–Crippen LogP) is 3.57. The standard InChI is InChI=1S/C26H29N7/c27-22-8-9-24-30-25(21-7-6-19-4-1-2-5-20(19)16-21)23(33(24)17-22)18-31-12-14-32(15-13-31)26-28-10-3-11-29-26/h3,6-11,16-17H,1-2,4-5,12-15,18,27H2. The molecule has 0 radical (unpaired) electrons. The van der Waals surface area contributed by atoms with Crippen LogP contribution in [0, 0.1) is 0 Å². The van der Waals surface area contributed by atoms with Crippen LogP contribution in [-0.2, 0) is 19.4 Å². The molecule has 1 aliphatic carbocycles. The molecule has 1 aromatic carbocycles. The summed E-state index contributed by atoms with van der Waals surface area (Å²) in [6.45, 7) is 4.57. The van der Waals surface area contributed by atoms with Crippen molar-refractivity contribution in [1.29, 1.82) is 0 Å². The van der Waals surface area contributed by atoms with Gasteiger partial charge in [0.25, 0.3) is 0 Å². The minimum Gasteiger partial charge on any atom is -0.398 e. The minimum atomic E-state index is 0.754. The highest BCUT2D eigenvalue weighted by Gasteiger charge is 2.23. The van der Waals surface area contributed by atoms with E-state index in [9.17, 15) is 0 Å². The first-order chi connectivity index (χ1) is 16.2. The zero-order valence-corrected chi connectivity index (χ0v) is 18.8. The van der Waals surface area contributed by atoms with Crippen LogP contribution >= 0.6 is 0 Å². The lowest BCUT2D eigenvalue weighted by Crippen LogP contribution is -2.46. The molecule has 2 N–H and O–H groups in total. The van der Waals surface area contributed by atoms with Gasteiger partial charge in [-0.25, -0.2) is 15.0 Å².